The van der Waals surface area contributed by atoms with Crippen molar-refractivity contribution in [1.29, 1.82) is 0 Å². The van der Waals surface area contributed by atoms with E-state index >= 15 is 0 Å². The van der Waals surface area contributed by atoms with Crippen molar-refractivity contribution in [2.45, 2.75) is 26.1 Å². The van der Waals surface area contributed by atoms with Gasteiger partial charge in [0.1, 0.15) is 12.4 Å². The van der Waals surface area contributed by atoms with Crippen LogP contribution >= 0.6 is 0 Å². The lowest BCUT2D eigenvalue weighted by Gasteiger charge is -2.29. The van der Waals surface area contributed by atoms with E-state index in [0.29, 0.717) is 12.2 Å². The van der Waals surface area contributed by atoms with Crippen LogP contribution in [0.4, 0.5) is 5.82 Å². The molecule has 0 radical (unpaired) electrons. The Morgan fingerprint density at radius 3 is 2.50 bits per heavy atom. The van der Waals surface area contributed by atoms with Crippen molar-refractivity contribution < 1.29 is 4.79 Å². The zero-order chi connectivity index (χ0) is 23.3. The number of nitrogens with zero attached hydrogens (tertiary/aromatic N) is 4. The Morgan fingerprint density at radius 2 is 1.71 bits per heavy atom. The molecule has 0 unspecified atom stereocenters. The average Bonchev–Trinajstić information content (AvgIpc) is 2.89. The van der Waals surface area contributed by atoms with Gasteiger partial charge in [0.05, 0.1) is 5.69 Å². The van der Waals surface area contributed by atoms with Gasteiger partial charge in [-0.2, -0.15) is 5.10 Å². The summed E-state index contributed by atoms with van der Waals surface area (Å²) in [5, 5.41) is 7.20. The van der Waals surface area contributed by atoms with Crippen molar-refractivity contribution in [3.63, 3.8) is 0 Å². The summed E-state index contributed by atoms with van der Waals surface area (Å²) in [6, 6.07) is 25.1. The Bertz CT molecular complexity index is 1350. The molecule has 0 bridgehead atoms. The molecule has 7 nitrogen and oxygen atoms in total. The predicted octanol–water partition coefficient (Wildman–Crippen LogP) is 3.18. The van der Waals surface area contributed by atoms with E-state index < -0.39 is 0 Å². The molecule has 0 spiro atoms. The summed E-state index contributed by atoms with van der Waals surface area (Å²) in [5.41, 5.74) is 4.86. The number of hydrogen-bond acceptors (Lipinski definition) is 5. The molecule has 5 rings (SSSR count). The number of carbonyl (C=O) groups excluding carboxylic acids is 1. The van der Waals surface area contributed by atoms with Crippen LogP contribution in [-0.4, -0.2) is 27.2 Å². The van der Waals surface area contributed by atoms with E-state index in [9.17, 15) is 9.59 Å². The van der Waals surface area contributed by atoms with Crippen LogP contribution in [0.3, 0.4) is 0 Å². The highest BCUT2D eigenvalue weighted by atomic mass is 16.2. The van der Waals surface area contributed by atoms with Crippen molar-refractivity contribution >= 4 is 11.7 Å². The van der Waals surface area contributed by atoms with Gasteiger partial charge >= 0.3 is 0 Å². The van der Waals surface area contributed by atoms with Gasteiger partial charge in [0.15, 0.2) is 0 Å². The van der Waals surface area contributed by atoms with Gasteiger partial charge in [-0.1, -0.05) is 60.7 Å². The van der Waals surface area contributed by atoms with Gasteiger partial charge in [-0.15, -0.1) is 0 Å². The lowest BCUT2D eigenvalue weighted by atomic mass is 10.00. The molecule has 2 aromatic carbocycles. The van der Waals surface area contributed by atoms with Crippen LogP contribution in [-0.2, 0) is 30.8 Å². The number of pyridine rings is 1. The largest absolute Gasteiger partial charge is 0.352 e. The summed E-state index contributed by atoms with van der Waals surface area (Å²) in [4.78, 5) is 31.5. The maximum absolute atomic E-state index is 12.5. The molecule has 0 fully saturated rings. The number of amides is 1. The molecule has 7 heteroatoms. The SMILES string of the molecule is O=C(Cn1nc(-c2ccccc2)ccc1=O)NCc1ccc(N2CCc3ccccc3C2)nc1. The first-order valence-corrected chi connectivity index (χ1v) is 11.3. The highest BCUT2D eigenvalue weighted by Gasteiger charge is 2.17. The minimum Gasteiger partial charge on any atom is -0.352 e. The quantitative estimate of drug-likeness (QED) is 0.487. The molecular weight excluding hydrogens is 426 g/mol. The third-order valence-corrected chi connectivity index (χ3v) is 5.98. The average molecular weight is 452 g/mol. The second kappa shape index (κ2) is 9.70. The minimum absolute atomic E-state index is 0.141. The molecule has 1 amide bonds. The van der Waals surface area contributed by atoms with Gasteiger partial charge in [0.25, 0.3) is 5.56 Å². The molecular formula is C27H25N5O2. The number of hydrogen-bond donors (Lipinski definition) is 1. The molecule has 34 heavy (non-hydrogen) atoms. The fraction of sp³-hybridized carbons (Fsp3) is 0.185. The first kappa shape index (κ1) is 21.6. The summed E-state index contributed by atoms with van der Waals surface area (Å²) in [7, 11) is 0. The maximum atomic E-state index is 12.5. The molecule has 170 valence electrons. The Hall–Kier alpha value is -4.26. The van der Waals surface area contributed by atoms with Crippen LogP contribution in [0.5, 0.6) is 0 Å². The summed E-state index contributed by atoms with van der Waals surface area (Å²) in [5.74, 6) is 0.648. The van der Waals surface area contributed by atoms with E-state index in [0.717, 1.165) is 36.5 Å². The first-order valence-electron chi connectivity index (χ1n) is 11.3. The van der Waals surface area contributed by atoms with Crippen molar-refractivity contribution in [2.75, 3.05) is 11.4 Å². The van der Waals surface area contributed by atoms with Crippen LogP contribution in [0.2, 0.25) is 0 Å². The van der Waals surface area contributed by atoms with Gasteiger partial charge in [-0.05, 0) is 35.2 Å². The summed E-state index contributed by atoms with van der Waals surface area (Å²) < 4.78 is 1.19. The van der Waals surface area contributed by atoms with E-state index in [1.165, 1.54) is 21.9 Å². The van der Waals surface area contributed by atoms with Gasteiger partial charge in [0.2, 0.25) is 5.91 Å². The van der Waals surface area contributed by atoms with Crippen LogP contribution in [0, 0.1) is 0 Å². The van der Waals surface area contributed by atoms with E-state index in [4.69, 9.17) is 0 Å². The number of carbonyl (C=O) groups is 1. The number of benzene rings is 2. The van der Waals surface area contributed by atoms with Crippen LogP contribution in [0.15, 0.2) is 89.9 Å². The lowest BCUT2D eigenvalue weighted by molar-refractivity contribution is -0.122. The summed E-state index contributed by atoms with van der Waals surface area (Å²) in [6.07, 6.45) is 2.80. The number of aromatic nitrogens is 3. The van der Waals surface area contributed by atoms with E-state index in [-0.39, 0.29) is 18.0 Å². The zero-order valence-electron chi connectivity index (χ0n) is 18.7. The van der Waals surface area contributed by atoms with Crippen molar-refractivity contribution in [3.05, 3.63) is 112 Å². The molecule has 0 atom stereocenters. The number of fused-ring (bicyclic) bond motifs is 1. The van der Waals surface area contributed by atoms with Crippen molar-refractivity contribution in [1.82, 2.24) is 20.1 Å². The van der Waals surface area contributed by atoms with Crippen molar-refractivity contribution in [2.24, 2.45) is 0 Å². The normalized spacial score (nSPS) is 12.8. The molecule has 1 aliphatic heterocycles. The molecule has 1 aliphatic rings. The molecule has 1 N–H and O–H groups in total. The third kappa shape index (κ3) is 4.88. The summed E-state index contributed by atoms with van der Waals surface area (Å²) >= 11 is 0. The van der Waals surface area contributed by atoms with E-state index in [1.807, 2.05) is 42.5 Å². The highest BCUT2D eigenvalue weighted by Crippen LogP contribution is 2.23. The van der Waals surface area contributed by atoms with Crippen molar-refractivity contribution in [3.8, 4) is 11.3 Å². The van der Waals surface area contributed by atoms with Gasteiger partial charge in [-0.25, -0.2) is 9.67 Å². The monoisotopic (exact) mass is 451 g/mol. The number of rotatable bonds is 6. The Labute approximate surface area is 197 Å². The Kier molecular flexibility index (Phi) is 6.16. The molecule has 0 saturated carbocycles. The second-order valence-electron chi connectivity index (χ2n) is 8.32. The van der Waals surface area contributed by atoms with E-state index in [1.54, 1.807) is 12.3 Å². The summed E-state index contributed by atoms with van der Waals surface area (Å²) in [6.45, 7) is 1.98. The predicted molar refractivity (Wildman–Crippen MR) is 131 cm³/mol. The van der Waals surface area contributed by atoms with E-state index in [2.05, 4.69) is 44.6 Å². The van der Waals surface area contributed by atoms with Crippen LogP contribution in [0.25, 0.3) is 11.3 Å². The fourth-order valence-corrected chi connectivity index (χ4v) is 4.12. The molecule has 0 saturated heterocycles. The Balaban J connectivity index is 1.18. The number of anilines is 1. The second-order valence-corrected chi connectivity index (χ2v) is 8.32. The molecule has 0 aliphatic carbocycles. The fourth-order valence-electron chi connectivity index (χ4n) is 4.12. The lowest BCUT2D eigenvalue weighted by Crippen LogP contribution is -2.33. The van der Waals surface area contributed by atoms with Gasteiger partial charge in [0, 0.05) is 37.5 Å². The smallest absolute Gasteiger partial charge is 0.267 e. The standard InChI is InChI=1S/C27H25N5O2/c33-26(19-32-27(34)13-11-24(30-32)22-7-2-1-3-8-22)29-17-20-10-12-25(28-16-20)31-15-14-21-6-4-5-9-23(21)18-31/h1-13,16H,14-15,17-19H2,(H,29,33). The molecule has 4 aromatic rings. The van der Waals surface area contributed by atoms with Gasteiger partial charge in [-0.3, -0.25) is 9.59 Å². The van der Waals surface area contributed by atoms with Crippen LogP contribution < -0.4 is 15.8 Å². The minimum atomic E-state index is -0.316. The van der Waals surface area contributed by atoms with Gasteiger partial charge < -0.3 is 10.2 Å². The Morgan fingerprint density at radius 1 is 0.912 bits per heavy atom. The first-order chi connectivity index (χ1) is 16.7. The zero-order valence-corrected chi connectivity index (χ0v) is 18.7. The third-order valence-electron chi connectivity index (χ3n) is 5.98. The molecule has 2 aromatic heterocycles. The maximum Gasteiger partial charge on any atom is 0.267 e. The molecule has 3 heterocycles. The number of nitrogens with one attached hydrogen (secondary N) is 1. The topological polar surface area (TPSA) is 80.1 Å². The highest BCUT2D eigenvalue weighted by molar-refractivity contribution is 5.75. The van der Waals surface area contributed by atoms with Crippen LogP contribution in [0.1, 0.15) is 16.7 Å².